The Morgan fingerprint density at radius 1 is 1.35 bits per heavy atom. The van der Waals surface area contributed by atoms with Crippen molar-refractivity contribution in [2.24, 2.45) is 4.99 Å². The molecule has 1 saturated carbocycles. The minimum absolute atomic E-state index is 0.447. The first kappa shape index (κ1) is 15.6. The first-order valence-electron chi connectivity index (χ1n) is 8.12. The molecule has 2 N–H and O–H groups in total. The number of nitrogens with zero attached hydrogens (tertiary/aromatic N) is 1. The van der Waals surface area contributed by atoms with Gasteiger partial charge in [-0.25, -0.2) is 0 Å². The number of ether oxygens (including phenoxy) is 2. The molecule has 2 fully saturated rings. The highest BCUT2D eigenvalue weighted by molar-refractivity contribution is 5.80. The second-order valence-corrected chi connectivity index (χ2v) is 5.55. The molecule has 0 unspecified atom stereocenters. The molecule has 1 aliphatic carbocycles. The summed E-state index contributed by atoms with van der Waals surface area (Å²) in [6.07, 6.45) is 7.46. The number of aliphatic imine (C=N–C) groups is 1. The fourth-order valence-corrected chi connectivity index (χ4v) is 2.30. The molecule has 20 heavy (non-hydrogen) atoms. The number of hydrogen-bond donors (Lipinski definition) is 2. The number of hydrogen-bond acceptors (Lipinski definition) is 3. The minimum Gasteiger partial charge on any atom is -0.382 e. The topological polar surface area (TPSA) is 54.9 Å². The highest BCUT2D eigenvalue weighted by Crippen LogP contribution is 2.18. The largest absolute Gasteiger partial charge is 0.382 e. The van der Waals surface area contributed by atoms with Crippen LogP contribution in [0.1, 0.15) is 45.4 Å². The quantitative estimate of drug-likeness (QED) is 0.384. The van der Waals surface area contributed by atoms with Crippen LogP contribution in [0.5, 0.6) is 0 Å². The van der Waals surface area contributed by atoms with E-state index in [1.165, 1.54) is 25.7 Å². The van der Waals surface area contributed by atoms with E-state index < -0.39 is 0 Å². The molecule has 1 saturated heterocycles. The van der Waals surface area contributed by atoms with E-state index in [-0.39, 0.29) is 0 Å². The van der Waals surface area contributed by atoms with Crippen LogP contribution in [0.25, 0.3) is 0 Å². The summed E-state index contributed by atoms with van der Waals surface area (Å²) < 4.78 is 11.0. The zero-order valence-corrected chi connectivity index (χ0v) is 12.7. The summed E-state index contributed by atoms with van der Waals surface area (Å²) in [5.74, 6) is 0.960. The SMILES string of the molecule is CCOCCCN=C(NCC[C@@H]1CCCO1)NC1CC1. The molecule has 116 valence electrons. The van der Waals surface area contributed by atoms with Crippen LogP contribution >= 0.6 is 0 Å². The van der Waals surface area contributed by atoms with Gasteiger partial charge in [0.25, 0.3) is 0 Å². The van der Waals surface area contributed by atoms with Gasteiger partial charge in [0.1, 0.15) is 0 Å². The van der Waals surface area contributed by atoms with Crippen LogP contribution in [-0.2, 0) is 9.47 Å². The molecule has 0 spiro atoms. The predicted molar refractivity (Wildman–Crippen MR) is 81.2 cm³/mol. The second-order valence-electron chi connectivity index (χ2n) is 5.55. The summed E-state index contributed by atoms with van der Waals surface area (Å²) in [5, 5.41) is 6.89. The van der Waals surface area contributed by atoms with Crippen LogP contribution < -0.4 is 10.6 Å². The molecular weight excluding hydrogens is 254 g/mol. The van der Waals surface area contributed by atoms with Crippen molar-refractivity contribution in [3.8, 4) is 0 Å². The fraction of sp³-hybridized carbons (Fsp3) is 0.933. The van der Waals surface area contributed by atoms with Crippen molar-refractivity contribution in [2.75, 3.05) is 32.9 Å². The van der Waals surface area contributed by atoms with Crippen molar-refractivity contribution in [2.45, 2.75) is 57.6 Å². The average molecular weight is 283 g/mol. The highest BCUT2D eigenvalue weighted by Gasteiger charge is 2.22. The van der Waals surface area contributed by atoms with Crippen LogP contribution in [0.4, 0.5) is 0 Å². The Kier molecular flexibility index (Phi) is 7.15. The number of rotatable bonds is 9. The smallest absolute Gasteiger partial charge is 0.191 e. The molecule has 5 nitrogen and oxygen atoms in total. The van der Waals surface area contributed by atoms with E-state index in [4.69, 9.17) is 9.47 Å². The molecule has 2 aliphatic rings. The lowest BCUT2D eigenvalue weighted by Crippen LogP contribution is -2.40. The van der Waals surface area contributed by atoms with Crippen molar-refractivity contribution in [1.29, 1.82) is 0 Å². The molecule has 0 bridgehead atoms. The van der Waals surface area contributed by atoms with Crippen LogP contribution in [0.15, 0.2) is 4.99 Å². The van der Waals surface area contributed by atoms with E-state index in [0.29, 0.717) is 12.1 Å². The van der Waals surface area contributed by atoms with Crippen LogP contribution in [0.3, 0.4) is 0 Å². The van der Waals surface area contributed by atoms with Gasteiger partial charge in [-0.3, -0.25) is 4.99 Å². The first-order valence-corrected chi connectivity index (χ1v) is 8.12. The van der Waals surface area contributed by atoms with E-state index in [1.807, 2.05) is 6.92 Å². The maximum Gasteiger partial charge on any atom is 0.191 e. The Bertz CT molecular complexity index is 287. The predicted octanol–water partition coefficient (Wildman–Crippen LogP) is 1.68. The van der Waals surface area contributed by atoms with Gasteiger partial charge in [0, 0.05) is 39.0 Å². The zero-order chi connectivity index (χ0) is 14.0. The Balaban J connectivity index is 1.61. The maximum absolute atomic E-state index is 5.64. The van der Waals surface area contributed by atoms with Crippen molar-refractivity contribution >= 4 is 5.96 Å². The summed E-state index contributed by atoms with van der Waals surface area (Å²) in [6.45, 7) is 6.30. The average Bonchev–Trinajstić information content (AvgIpc) is 3.11. The molecule has 0 aromatic carbocycles. The first-order chi connectivity index (χ1) is 9.88. The van der Waals surface area contributed by atoms with Gasteiger partial charge >= 0.3 is 0 Å². The van der Waals surface area contributed by atoms with Crippen LogP contribution in [-0.4, -0.2) is 51.0 Å². The summed E-state index contributed by atoms with van der Waals surface area (Å²) in [5.41, 5.74) is 0. The third kappa shape index (κ3) is 6.57. The monoisotopic (exact) mass is 283 g/mol. The third-order valence-electron chi connectivity index (χ3n) is 3.62. The van der Waals surface area contributed by atoms with Gasteiger partial charge in [-0.05, 0) is 45.4 Å². The highest BCUT2D eigenvalue weighted by atomic mass is 16.5. The Morgan fingerprint density at radius 2 is 2.25 bits per heavy atom. The van der Waals surface area contributed by atoms with E-state index in [9.17, 15) is 0 Å². The van der Waals surface area contributed by atoms with Gasteiger partial charge in [0.05, 0.1) is 6.10 Å². The molecule has 1 heterocycles. The second kappa shape index (κ2) is 9.19. The lowest BCUT2D eigenvalue weighted by molar-refractivity contribution is 0.105. The normalized spacial score (nSPS) is 23.1. The van der Waals surface area contributed by atoms with Gasteiger partial charge < -0.3 is 20.1 Å². The molecule has 1 atom stereocenters. The standard InChI is InChI=1S/C15H29N3O2/c1-2-19-11-4-9-16-15(18-13-6-7-13)17-10-8-14-5-3-12-20-14/h13-14H,2-12H2,1H3,(H2,16,17,18)/t14-/m0/s1. The van der Waals surface area contributed by atoms with Crippen molar-refractivity contribution in [3.05, 3.63) is 0 Å². The van der Waals surface area contributed by atoms with E-state index in [1.54, 1.807) is 0 Å². The van der Waals surface area contributed by atoms with Crippen LogP contribution in [0, 0.1) is 0 Å². The maximum atomic E-state index is 5.64. The Morgan fingerprint density at radius 3 is 2.95 bits per heavy atom. The fourth-order valence-electron chi connectivity index (χ4n) is 2.30. The molecule has 5 heteroatoms. The molecule has 0 aromatic rings. The molecular formula is C15H29N3O2. The van der Waals surface area contributed by atoms with Gasteiger partial charge in [0.15, 0.2) is 5.96 Å². The van der Waals surface area contributed by atoms with E-state index in [2.05, 4.69) is 15.6 Å². The van der Waals surface area contributed by atoms with Crippen molar-refractivity contribution in [3.63, 3.8) is 0 Å². The summed E-state index contributed by atoms with van der Waals surface area (Å²) in [6, 6.07) is 0.635. The van der Waals surface area contributed by atoms with E-state index in [0.717, 1.165) is 51.7 Å². The van der Waals surface area contributed by atoms with Gasteiger partial charge in [-0.2, -0.15) is 0 Å². The number of guanidine groups is 1. The molecule has 0 radical (unpaired) electrons. The Labute approximate surface area is 122 Å². The van der Waals surface area contributed by atoms with Crippen molar-refractivity contribution in [1.82, 2.24) is 10.6 Å². The van der Waals surface area contributed by atoms with Crippen molar-refractivity contribution < 1.29 is 9.47 Å². The summed E-state index contributed by atoms with van der Waals surface area (Å²) in [4.78, 5) is 4.61. The summed E-state index contributed by atoms with van der Waals surface area (Å²) >= 11 is 0. The lowest BCUT2D eigenvalue weighted by Gasteiger charge is -2.14. The van der Waals surface area contributed by atoms with Crippen LogP contribution in [0.2, 0.25) is 0 Å². The van der Waals surface area contributed by atoms with E-state index >= 15 is 0 Å². The number of nitrogens with one attached hydrogen (secondary N) is 2. The third-order valence-corrected chi connectivity index (χ3v) is 3.62. The zero-order valence-electron chi connectivity index (χ0n) is 12.7. The molecule has 1 aliphatic heterocycles. The molecule has 0 amide bonds. The summed E-state index contributed by atoms with van der Waals surface area (Å²) in [7, 11) is 0. The molecule has 0 aromatic heterocycles. The molecule has 2 rings (SSSR count). The van der Waals surface area contributed by atoms with Gasteiger partial charge in [-0.1, -0.05) is 0 Å². The lowest BCUT2D eigenvalue weighted by atomic mass is 10.2. The van der Waals surface area contributed by atoms with Gasteiger partial charge in [-0.15, -0.1) is 0 Å². The minimum atomic E-state index is 0.447. The van der Waals surface area contributed by atoms with Gasteiger partial charge in [0.2, 0.25) is 0 Å². The Hall–Kier alpha value is -0.810.